The monoisotopic (exact) mass is 369 g/mol. The van der Waals surface area contributed by atoms with Gasteiger partial charge in [-0.2, -0.15) is 9.67 Å². The minimum absolute atomic E-state index is 0.254. The number of nitrogens with one attached hydrogen (secondary N) is 1. The van der Waals surface area contributed by atoms with Crippen molar-refractivity contribution in [2.24, 2.45) is 0 Å². The zero-order valence-electron chi connectivity index (χ0n) is 14.6. The fourth-order valence-electron chi connectivity index (χ4n) is 3.01. The van der Waals surface area contributed by atoms with E-state index in [1.807, 2.05) is 54.6 Å². The van der Waals surface area contributed by atoms with Crippen molar-refractivity contribution in [3.8, 4) is 17.1 Å². The molecule has 136 valence electrons. The number of nitrogens with two attached hydrogens (primary N) is 1. The smallest absolute Gasteiger partial charge is 0.248 e. The van der Waals surface area contributed by atoms with Crippen LogP contribution in [0.4, 0.5) is 17.6 Å². The molecule has 0 fully saturated rings. The zero-order valence-corrected chi connectivity index (χ0v) is 14.6. The molecule has 0 spiro atoms. The van der Waals surface area contributed by atoms with Gasteiger partial charge in [-0.05, 0) is 35.7 Å². The van der Waals surface area contributed by atoms with Crippen LogP contribution in [0.15, 0.2) is 77.8 Å². The molecule has 3 heterocycles. The minimum atomic E-state index is 0.254. The molecule has 0 aliphatic rings. The molecule has 0 saturated carbocycles. The summed E-state index contributed by atoms with van der Waals surface area (Å²) in [7, 11) is 0. The number of nitrogens with zero attached hydrogens (tertiary/aromatic N) is 5. The second-order valence-corrected chi connectivity index (χ2v) is 6.13. The van der Waals surface area contributed by atoms with Crippen molar-refractivity contribution in [1.29, 1.82) is 0 Å². The lowest BCUT2D eigenvalue weighted by Crippen LogP contribution is -2.05. The van der Waals surface area contributed by atoms with Crippen molar-refractivity contribution < 1.29 is 4.42 Å². The lowest BCUT2D eigenvalue weighted by Gasteiger charge is -2.05. The van der Waals surface area contributed by atoms with Crippen molar-refractivity contribution in [1.82, 2.24) is 24.7 Å². The van der Waals surface area contributed by atoms with Gasteiger partial charge in [0.2, 0.25) is 11.9 Å². The highest BCUT2D eigenvalue weighted by Crippen LogP contribution is 2.24. The molecule has 5 rings (SSSR count). The number of anilines is 3. The van der Waals surface area contributed by atoms with Gasteiger partial charge in [-0.3, -0.25) is 0 Å². The molecule has 0 unspecified atom stereocenters. The van der Waals surface area contributed by atoms with E-state index in [4.69, 9.17) is 10.2 Å². The van der Waals surface area contributed by atoms with Gasteiger partial charge in [0.1, 0.15) is 0 Å². The molecule has 28 heavy (non-hydrogen) atoms. The number of hydrogen-bond donors (Lipinski definition) is 2. The third-order valence-corrected chi connectivity index (χ3v) is 4.34. The Kier molecular flexibility index (Phi) is 3.72. The Hall–Kier alpha value is -4.20. The number of pyridine rings is 1. The van der Waals surface area contributed by atoms with Gasteiger partial charge < -0.3 is 15.5 Å². The van der Waals surface area contributed by atoms with Gasteiger partial charge in [0, 0.05) is 22.8 Å². The van der Waals surface area contributed by atoms with E-state index in [2.05, 4.69) is 25.4 Å². The summed E-state index contributed by atoms with van der Waals surface area (Å²) >= 11 is 0. The number of fused-ring (bicyclic) bond motifs is 1. The topological polar surface area (TPSA) is 108 Å². The molecule has 2 aromatic carbocycles. The van der Waals surface area contributed by atoms with Crippen LogP contribution in [0, 0.1) is 0 Å². The quantitative estimate of drug-likeness (QED) is 0.496. The van der Waals surface area contributed by atoms with Crippen LogP contribution in [0.2, 0.25) is 0 Å². The molecule has 8 heteroatoms. The van der Waals surface area contributed by atoms with Gasteiger partial charge in [0.15, 0.2) is 18.0 Å². The van der Waals surface area contributed by atoms with Crippen LogP contribution in [0.1, 0.15) is 0 Å². The zero-order chi connectivity index (χ0) is 18.9. The second kappa shape index (κ2) is 6.51. The highest BCUT2D eigenvalue weighted by atomic mass is 16.3. The number of benzene rings is 2. The molecule has 0 saturated heterocycles. The highest BCUT2D eigenvalue weighted by Gasteiger charge is 2.13. The fourth-order valence-corrected chi connectivity index (χ4v) is 3.01. The third kappa shape index (κ3) is 2.82. The number of aromatic nitrogens is 5. The van der Waals surface area contributed by atoms with E-state index in [0.717, 1.165) is 22.0 Å². The fraction of sp³-hybridized carbons (Fsp3) is 0. The summed E-state index contributed by atoms with van der Waals surface area (Å²) in [5.41, 5.74) is 7.85. The Balaban J connectivity index is 1.45. The maximum atomic E-state index is 6.10. The average molecular weight is 369 g/mol. The number of oxazole rings is 1. The van der Waals surface area contributed by atoms with Crippen LogP contribution < -0.4 is 11.1 Å². The molecule has 0 amide bonds. The molecule has 0 aliphatic carbocycles. The van der Waals surface area contributed by atoms with Crippen LogP contribution in [0.3, 0.4) is 0 Å². The Morgan fingerprint density at radius 3 is 2.68 bits per heavy atom. The Bertz CT molecular complexity index is 1240. The minimum Gasteiger partial charge on any atom is -0.444 e. The van der Waals surface area contributed by atoms with E-state index in [1.165, 1.54) is 11.1 Å². The molecular formula is C20H15N7O. The van der Waals surface area contributed by atoms with E-state index in [9.17, 15) is 0 Å². The highest BCUT2D eigenvalue weighted by molar-refractivity contribution is 5.88. The van der Waals surface area contributed by atoms with Gasteiger partial charge in [0.25, 0.3) is 0 Å². The van der Waals surface area contributed by atoms with Gasteiger partial charge in [-0.25, -0.2) is 9.97 Å². The first-order valence-electron chi connectivity index (χ1n) is 8.60. The first-order chi connectivity index (χ1) is 13.8. The molecule has 5 aromatic rings. The summed E-state index contributed by atoms with van der Waals surface area (Å²) in [6.07, 6.45) is 4.81. The maximum absolute atomic E-state index is 6.10. The summed E-state index contributed by atoms with van der Waals surface area (Å²) in [5.74, 6) is 1.99. The van der Waals surface area contributed by atoms with Gasteiger partial charge in [-0.15, -0.1) is 5.10 Å². The standard InChI is InChI=1S/C20H15N7O/c21-19-25-20(24-15-7-5-14(6-8-15)17-11-22-12-28-17)26-27(19)18-16-4-2-1-3-13(16)9-10-23-18/h1-12H,(H3,21,24,25,26). The van der Waals surface area contributed by atoms with E-state index in [0.29, 0.717) is 17.5 Å². The lowest BCUT2D eigenvalue weighted by molar-refractivity contribution is 0.572. The van der Waals surface area contributed by atoms with Crippen LogP contribution in [0.5, 0.6) is 0 Å². The average Bonchev–Trinajstić information content (AvgIpc) is 3.38. The van der Waals surface area contributed by atoms with E-state index >= 15 is 0 Å². The molecule has 0 atom stereocenters. The Morgan fingerprint density at radius 2 is 1.86 bits per heavy atom. The number of rotatable bonds is 4. The Labute approximate surface area is 159 Å². The molecule has 0 radical (unpaired) electrons. The van der Waals surface area contributed by atoms with Gasteiger partial charge in [0.05, 0.1) is 6.20 Å². The molecule has 3 aromatic heterocycles. The molecular weight excluding hydrogens is 354 g/mol. The van der Waals surface area contributed by atoms with Crippen molar-refractivity contribution in [3.05, 3.63) is 73.4 Å². The first-order valence-corrected chi connectivity index (χ1v) is 8.60. The first kappa shape index (κ1) is 16.0. The summed E-state index contributed by atoms with van der Waals surface area (Å²) in [4.78, 5) is 12.7. The van der Waals surface area contributed by atoms with Crippen LogP contribution in [0.25, 0.3) is 27.9 Å². The second-order valence-electron chi connectivity index (χ2n) is 6.13. The van der Waals surface area contributed by atoms with E-state index in [1.54, 1.807) is 12.4 Å². The van der Waals surface area contributed by atoms with E-state index < -0.39 is 0 Å². The largest absolute Gasteiger partial charge is 0.444 e. The predicted molar refractivity (Wildman–Crippen MR) is 106 cm³/mol. The summed E-state index contributed by atoms with van der Waals surface area (Å²) in [6, 6.07) is 17.5. The van der Waals surface area contributed by atoms with Crippen molar-refractivity contribution in [3.63, 3.8) is 0 Å². The third-order valence-electron chi connectivity index (χ3n) is 4.34. The summed E-state index contributed by atoms with van der Waals surface area (Å²) in [6.45, 7) is 0. The molecule has 3 N–H and O–H groups in total. The Morgan fingerprint density at radius 1 is 1.00 bits per heavy atom. The van der Waals surface area contributed by atoms with Crippen molar-refractivity contribution in [2.45, 2.75) is 0 Å². The van der Waals surface area contributed by atoms with Gasteiger partial charge in [-0.1, -0.05) is 24.3 Å². The van der Waals surface area contributed by atoms with Crippen LogP contribution in [-0.2, 0) is 0 Å². The number of nitrogen functional groups attached to an aromatic ring is 1. The predicted octanol–water partition coefficient (Wildman–Crippen LogP) is 3.80. The van der Waals surface area contributed by atoms with Crippen LogP contribution >= 0.6 is 0 Å². The molecule has 8 nitrogen and oxygen atoms in total. The lowest BCUT2D eigenvalue weighted by atomic mass is 10.1. The van der Waals surface area contributed by atoms with Crippen LogP contribution in [-0.4, -0.2) is 24.7 Å². The normalized spacial score (nSPS) is 11.0. The van der Waals surface area contributed by atoms with Gasteiger partial charge >= 0.3 is 0 Å². The number of hydrogen-bond acceptors (Lipinski definition) is 7. The maximum Gasteiger partial charge on any atom is 0.248 e. The molecule has 0 aliphatic heterocycles. The van der Waals surface area contributed by atoms with E-state index in [-0.39, 0.29) is 5.95 Å². The van der Waals surface area contributed by atoms with Crippen molar-refractivity contribution >= 4 is 28.4 Å². The van der Waals surface area contributed by atoms with Crippen molar-refractivity contribution in [2.75, 3.05) is 11.1 Å². The summed E-state index contributed by atoms with van der Waals surface area (Å²) < 4.78 is 6.83. The SMILES string of the molecule is Nc1nc(Nc2ccc(-c3cnco3)cc2)nn1-c1nccc2ccccc12. The summed E-state index contributed by atoms with van der Waals surface area (Å²) in [5, 5.41) is 9.64. The molecule has 0 bridgehead atoms.